The first kappa shape index (κ1) is 18.5. The van der Waals surface area contributed by atoms with Gasteiger partial charge in [0.1, 0.15) is 11.5 Å². The predicted molar refractivity (Wildman–Crippen MR) is 99.2 cm³/mol. The number of carbonyl (C=O) groups excluding carboxylic acids is 1. The SMILES string of the molecule is CCCN(CCC)c1cnc(C(=O)Nc2cc(Cl)ccc2Cl)cn1. The van der Waals surface area contributed by atoms with Crippen molar-refractivity contribution >= 4 is 40.6 Å². The van der Waals surface area contributed by atoms with Gasteiger partial charge in [-0.1, -0.05) is 37.0 Å². The molecule has 0 unspecified atom stereocenters. The van der Waals surface area contributed by atoms with Gasteiger partial charge in [0, 0.05) is 18.1 Å². The van der Waals surface area contributed by atoms with E-state index in [0.29, 0.717) is 15.7 Å². The molecule has 1 heterocycles. The average molecular weight is 367 g/mol. The smallest absolute Gasteiger partial charge is 0.275 e. The molecule has 0 aliphatic rings. The number of benzene rings is 1. The molecule has 0 atom stereocenters. The van der Waals surface area contributed by atoms with Crippen LogP contribution < -0.4 is 10.2 Å². The molecule has 1 aromatic heterocycles. The standard InChI is InChI=1S/C17H20Cl2N4O/c1-3-7-23(8-4-2)16-11-20-15(10-21-16)17(24)22-14-9-12(18)5-6-13(14)19/h5-6,9-11H,3-4,7-8H2,1-2H3,(H,22,24). The van der Waals surface area contributed by atoms with Crippen molar-refractivity contribution in [2.45, 2.75) is 26.7 Å². The molecule has 1 amide bonds. The van der Waals surface area contributed by atoms with Crippen molar-refractivity contribution in [2.24, 2.45) is 0 Å². The number of amides is 1. The lowest BCUT2D eigenvalue weighted by atomic mass is 10.3. The van der Waals surface area contributed by atoms with E-state index >= 15 is 0 Å². The zero-order valence-corrected chi connectivity index (χ0v) is 15.2. The first-order valence-corrected chi connectivity index (χ1v) is 8.64. The summed E-state index contributed by atoms with van der Waals surface area (Å²) in [6, 6.07) is 4.87. The number of nitrogens with zero attached hydrogens (tertiary/aromatic N) is 3. The molecule has 2 aromatic rings. The first-order valence-electron chi connectivity index (χ1n) is 7.88. The molecule has 0 spiro atoms. The minimum Gasteiger partial charge on any atom is -0.355 e. The number of nitrogens with one attached hydrogen (secondary N) is 1. The summed E-state index contributed by atoms with van der Waals surface area (Å²) >= 11 is 12.0. The number of rotatable bonds is 7. The fourth-order valence-corrected chi connectivity index (χ4v) is 2.60. The van der Waals surface area contributed by atoms with Gasteiger partial charge in [0.25, 0.3) is 5.91 Å². The van der Waals surface area contributed by atoms with E-state index < -0.39 is 0 Å². The highest BCUT2D eigenvalue weighted by atomic mass is 35.5. The summed E-state index contributed by atoms with van der Waals surface area (Å²) in [6.07, 6.45) is 5.15. The maximum Gasteiger partial charge on any atom is 0.275 e. The van der Waals surface area contributed by atoms with Crippen molar-refractivity contribution in [2.75, 3.05) is 23.3 Å². The lowest BCUT2D eigenvalue weighted by molar-refractivity contribution is 0.102. The molecule has 1 aromatic carbocycles. The molecule has 0 saturated heterocycles. The Labute approximate surface area is 152 Å². The molecular formula is C17H20Cl2N4O. The van der Waals surface area contributed by atoms with E-state index in [1.165, 1.54) is 6.20 Å². The van der Waals surface area contributed by atoms with Crippen LogP contribution in [0.4, 0.5) is 11.5 Å². The van der Waals surface area contributed by atoms with Crippen molar-refractivity contribution in [3.05, 3.63) is 46.3 Å². The van der Waals surface area contributed by atoms with Crippen LogP contribution in [0.15, 0.2) is 30.6 Å². The van der Waals surface area contributed by atoms with Crippen LogP contribution in [0.2, 0.25) is 10.0 Å². The topological polar surface area (TPSA) is 58.1 Å². The number of carbonyl (C=O) groups is 1. The lowest BCUT2D eigenvalue weighted by Gasteiger charge is -2.22. The molecule has 24 heavy (non-hydrogen) atoms. The Morgan fingerprint density at radius 1 is 1.12 bits per heavy atom. The van der Waals surface area contributed by atoms with Crippen LogP contribution in [0.3, 0.4) is 0 Å². The summed E-state index contributed by atoms with van der Waals surface area (Å²) < 4.78 is 0. The summed E-state index contributed by atoms with van der Waals surface area (Å²) in [4.78, 5) is 23.0. The van der Waals surface area contributed by atoms with Crippen LogP contribution in [0.5, 0.6) is 0 Å². The van der Waals surface area contributed by atoms with Gasteiger partial charge < -0.3 is 10.2 Å². The Kier molecular flexibility index (Phi) is 6.82. The molecule has 5 nitrogen and oxygen atoms in total. The second kappa shape index (κ2) is 8.85. The van der Waals surface area contributed by atoms with Gasteiger partial charge in [-0.15, -0.1) is 0 Å². The molecule has 0 bridgehead atoms. The molecule has 128 valence electrons. The third-order valence-electron chi connectivity index (χ3n) is 3.36. The molecule has 0 aliphatic carbocycles. The summed E-state index contributed by atoms with van der Waals surface area (Å²) in [6.45, 7) is 6.05. The van der Waals surface area contributed by atoms with Gasteiger partial charge in [-0.2, -0.15) is 0 Å². The fraction of sp³-hybridized carbons (Fsp3) is 0.353. The van der Waals surface area contributed by atoms with Crippen LogP contribution in [0.25, 0.3) is 0 Å². The molecule has 0 radical (unpaired) electrons. The van der Waals surface area contributed by atoms with Crippen molar-refractivity contribution < 1.29 is 4.79 Å². The van der Waals surface area contributed by atoms with Crippen LogP contribution >= 0.6 is 23.2 Å². The number of halogens is 2. The third-order valence-corrected chi connectivity index (χ3v) is 3.92. The number of anilines is 2. The molecule has 7 heteroatoms. The van der Waals surface area contributed by atoms with E-state index in [0.717, 1.165) is 31.7 Å². The second-order valence-corrected chi connectivity index (χ2v) is 6.17. The second-order valence-electron chi connectivity index (χ2n) is 5.33. The van der Waals surface area contributed by atoms with E-state index in [2.05, 4.69) is 34.0 Å². The zero-order chi connectivity index (χ0) is 17.5. The van der Waals surface area contributed by atoms with Crippen LogP contribution in [-0.4, -0.2) is 29.0 Å². The quantitative estimate of drug-likeness (QED) is 0.773. The predicted octanol–water partition coefficient (Wildman–Crippen LogP) is 4.66. The van der Waals surface area contributed by atoms with Gasteiger partial charge in [-0.25, -0.2) is 9.97 Å². The van der Waals surface area contributed by atoms with Crippen LogP contribution in [0, 0.1) is 0 Å². The summed E-state index contributed by atoms with van der Waals surface area (Å²) in [5.74, 6) is 0.395. The third kappa shape index (κ3) is 4.82. The lowest BCUT2D eigenvalue weighted by Crippen LogP contribution is -2.26. The normalized spacial score (nSPS) is 10.5. The number of hydrogen-bond acceptors (Lipinski definition) is 4. The zero-order valence-electron chi connectivity index (χ0n) is 13.7. The van der Waals surface area contributed by atoms with Gasteiger partial charge >= 0.3 is 0 Å². The highest BCUT2D eigenvalue weighted by Gasteiger charge is 2.13. The van der Waals surface area contributed by atoms with Gasteiger partial charge in [0.2, 0.25) is 0 Å². The summed E-state index contributed by atoms with van der Waals surface area (Å²) in [5.41, 5.74) is 0.668. The minimum atomic E-state index is -0.379. The van der Waals surface area contributed by atoms with E-state index in [1.54, 1.807) is 24.4 Å². The average Bonchev–Trinajstić information content (AvgIpc) is 2.58. The maximum atomic E-state index is 12.3. The van der Waals surface area contributed by atoms with Gasteiger partial charge in [0.05, 0.1) is 23.1 Å². The van der Waals surface area contributed by atoms with Gasteiger partial charge in [0.15, 0.2) is 0 Å². The molecule has 2 rings (SSSR count). The van der Waals surface area contributed by atoms with Gasteiger partial charge in [-0.05, 0) is 31.0 Å². The van der Waals surface area contributed by atoms with E-state index in [4.69, 9.17) is 23.2 Å². The Morgan fingerprint density at radius 3 is 2.42 bits per heavy atom. The maximum absolute atomic E-state index is 12.3. The summed E-state index contributed by atoms with van der Waals surface area (Å²) in [7, 11) is 0. The summed E-state index contributed by atoms with van der Waals surface area (Å²) in [5, 5.41) is 3.60. The van der Waals surface area contributed by atoms with Crippen LogP contribution in [-0.2, 0) is 0 Å². The fourth-order valence-electron chi connectivity index (χ4n) is 2.26. The highest BCUT2D eigenvalue weighted by molar-refractivity contribution is 6.35. The van der Waals surface area contributed by atoms with Crippen molar-refractivity contribution in [1.29, 1.82) is 0 Å². The highest BCUT2D eigenvalue weighted by Crippen LogP contribution is 2.25. The monoisotopic (exact) mass is 366 g/mol. The Hall–Kier alpha value is -1.85. The van der Waals surface area contributed by atoms with E-state index in [-0.39, 0.29) is 11.6 Å². The first-order chi connectivity index (χ1) is 11.5. The van der Waals surface area contributed by atoms with E-state index in [9.17, 15) is 4.79 Å². The Bertz CT molecular complexity index is 685. The van der Waals surface area contributed by atoms with Crippen molar-refractivity contribution in [1.82, 2.24) is 9.97 Å². The molecule has 0 fully saturated rings. The molecular weight excluding hydrogens is 347 g/mol. The minimum absolute atomic E-state index is 0.225. The molecule has 0 aliphatic heterocycles. The number of hydrogen-bond donors (Lipinski definition) is 1. The Morgan fingerprint density at radius 2 is 1.83 bits per heavy atom. The Balaban J connectivity index is 2.12. The van der Waals surface area contributed by atoms with Gasteiger partial charge in [-0.3, -0.25) is 4.79 Å². The molecule has 1 N–H and O–H groups in total. The number of aromatic nitrogens is 2. The molecule has 0 saturated carbocycles. The van der Waals surface area contributed by atoms with Crippen LogP contribution in [0.1, 0.15) is 37.2 Å². The van der Waals surface area contributed by atoms with E-state index in [1.807, 2.05) is 0 Å². The van der Waals surface area contributed by atoms with Crippen molar-refractivity contribution in [3.8, 4) is 0 Å². The largest absolute Gasteiger partial charge is 0.355 e. The van der Waals surface area contributed by atoms with Crippen molar-refractivity contribution in [3.63, 3.8) is 0 Å².